The van der Waals surface area contributed by atoms with Gasteiger partial charge in [-0.25, -0.2) is 0 Å². The van der Waals surface area contributed by atoms with E-state index in [1.807, 2.05) is 13.0 Å². The fraction of sp³-hybridized carbons (Fsp3) is 0.640. The minimum Gasteiger partial charge on any atom is -0.377 e. The molecule has 0 saturated heterocycles. The van der Waals surface area contributed by atoms with Crippen LogP contribution < -0.4 is 0 Å². The molecule has 1 unspecified atom stereocenters. The van der Waals surface area contributed by atoms with Crippen LogP contribution in [0.15, 0.2) is 42.0 Å². The Morgan fingerprint density at radius 2 is 1.56 bits per heavy atom. The molecular weight excluding hydrogens is 332 g/mol. The quantitative estimate of drug-likeness (QED) is 0.163. The third kappa shape index (κ3) is 14.3. The highest BCUT2D eigenvalue weighted by Gasteiger charge is 2.02. The van der Waals surface area contributed by atoms with Crippen molar-refractivity contribution in [1.29, 1.82) is 0 Å². The largest absolute Gasteiger partial charge is 0.377 e. The average Bonchev–Trinajstić information content (AvgIpc) is 2.69. The second kappa shape index (κ2) is 16.7. The molecule has 0 spiro atoms. The summed E-state index contributed by atoms with van der Waals surface area (Å²) in [6, 6.07) is 10.4. The van der Waals surface area contributed by atoms with E-state index >= 15 is 0 Å². The Morgan fingerprint density at radius 1 is 0.926 bits per heavy atom. The van der Waals surface area contributed by atoms with Crippen LogP contribution in [0.1, 0.15) is 90.0 Å². The van der Waals surface area contributed by atoms with E-state index in [-0.39, 0.29) is 0 Å². The number of carbonyl (C=O) groups is 1. The maximum Gasteiger partial charge on any atom is 0.145 e. The van der Waals surface area contributed by atoms with Crippen molar-refractivity contribution in [2.75, 3.05) is 6.61 Å². The van der Waals surface area contributed by atoms with E-state index in [1.165, 1.54) is 69.8 Å². The lowest BCUT2D eigenvalue weighted by atomic mass is 9.96. The Hall–Kier alpha value is -1.41. The van der Waals surface area contributed by atoms with Gasteiger partial charge < -0.3 is 4.74 Å². The summed E-state index contributed by atoms with van der Waals surface area (Å²) in [6.45, 7) is 5.89. The number of aldehydes is 1. The van der Waals surface area contributed by atoms with Gasteiger partial charge in [0, 0.05) is 6.61 Å². The molecular formula is C25H40O2. The van der Waals surface area contributed by atoms with Crippen molar-refractivity contribution in [3.8, 4) is 0 Å². The molecule has 0 aromatic heterocycles. The first-order chi connectivity index (χ1) is 13.2. The maximum absolute atomic E-state index is 10.5. The smallest absolute Gasteiger partial charge is 0.145 e. The van der Waals surface area contributed by atoms with E-state index < -0.39 is 0 Å². The zero-order valence-electron chi connectivity index (χ0n) is 17.6. The number of hydrogen-bond acceptors (Lipinski definition) is 2. The van der Waals surface area contributed by atoms with Gasteiger partial charge in [-0.3, -0.25) is 4.79 Å². The molecule has 152 valence electrons. The third-order valence-corrected chi connectivity index (χ3v) is 5.15. The first-order valence-electron chi connectivity index (χ1n) is 11.0. The molecule has 0 amide bonds. The summed E-state index contributed by atoms with van der Waals surface area (Å²) in [5, 5.41) is 0. The first kappa shape index (κ1) is 23.6. The minimum atomic E-state index is 0.742. The molecule has 0 radical (unpaired) electrons. The van der Waals surface area contributed by atoms with E-state index in [9.17, 15) is 4.79 Å². The van der Waals surface area contributed by atoms with Gasteiger partial charge in [-0.2, -0.15) is 0 Å². The Balaban J connectivity index is 1.82. The van der Waals surface area contributed by atoms with Gasteiger partial charge in [0.1, 0.15) is 6.29 Å². The van der Waals surface area contributed by atoms with Crippen molar-refractivity contribution in [3.63, 3.8) is 0 Å². The molecule has 0 aliphatic heterocycles. The van der Waals surface area contributed by atoms with Gasteiger partial charge in [-0.1, -0.05) is 94.7 Å². The van der Waals surface area contributed by atoms with E-state index in [0.29, 0.717) is 0 Å². The van der Waals surface area contributed by atoms with Crippen LogP contribution >= 0.6 is 0 Å². The molecule has 27 heavy (non-hydrogen) atoms. The molecule has 1 atom stereocenters. The van der Waals surface area contributed by atoms with Crippen LogP contribution in [0.25, 0.3) is 0 Å². The summed E-state index contributed by atoms with van der Waals surface area (Å²) >= 11 is 0. The lowest BCUT2D eigenvalue weighted by molar-refractivity contribution is -0.104. The summed E-state index contributed by atoms with van der Waals surface area (Å²) < 4.78 is 5.73. The summed E-state index contributed by atoms with van der Waals surface area (Å²) in [7, 11) is 0. The lowest BCUT2D eigenvalue weighted by Gasteiger charge is -2.10. The second-order valence-corrected chi connectivity index (χ2v) is 7.90. The highest BCUT2D eigenvalue weighted by molar-refractivity contribution is 5.71. The van der Waals surface area contributed by atoms with Gasteiger partial charge in [0.15, 0.2) is 0 Å². The topological polar surface area (TPSA) is 26.3 Å². The third-order valence-electron chi connectivity index (χ3n) is 5.15. The SMILES string of the molecule is C/C(C=O)=C\CCCCC(C)CCCCCCCCOCc1ccccc1. The standard InChI is InChI=1S/C25H40O2/c1-23(16-10-7-11-17-24(2)21-26)15-9-5-3-4-6-14-20-27-22-25-18-12-8-13-19-25/h8,12-13,17-19,21,23H,3-7,9-11,14-16,20,22H2,1-2H3/b24-17+. The second-order valence-electron chi connectivity index (χ2n) is 7.90. The van der Waals surface area contributed by atoms with Crippen LogP contribution in [0, 0.1) is 5.92 Å². The molecule has 0 heterocycles. The number of carbonyl (C=O) groups excluding carboxylic acids is 1. The number of rotatable bonds is 17. The van der Waals surface area contributed by atoms with Crippen LogP contribution in [0.5, 0.6) is 0 Å². The zero-order valence-corrected chi connectivity index (χ0v) is 17.6. The summed E-state index contributed by atoms with van der Waals surface area (Å²) in [4.78, 5) is 10.5. The van der Waals surface area contributed by atoms with Gasteiger partial charge in [0.2, 0.25) is 0 Å². The number of benzene rings is 1. The molecule has 0 aliphatic rings. The molecule has 1 aromatic carbocycles. The molecule has 1 rings (SSSR count). The first-order valence-corrected chi connectivity index (χ1v) is 11.0. The normalized spacial score (nSPS) is 12.9. The fourth-order valence-corrected chi connectivity index (χ4v) is 3.33. The predicted octanol–water partition coefficient (Wildman–Crippen LogP) is 7.28. The molecule has 0 fully saturated rings. The van der Waals surface area contributed by atoms with Crippen LogP contribution in [0.4, 0.5) is 0 Å². The summed E-state index contributed by atoms with van der Waals surface area (Å²) in [5.74, 6) is 0.840. The number of ether oxygens (including phenoxy) is 1. The highest BCUT2D eigenvalue weighted by Crippen LogP contribution is 2.18. The molecule has 0 N–H and O–H groups in total. The predicted molar refractivity (Wildman–Crippen MR) is 116 cm³/mol. The van der Waals surface area contributed by atoms with E-state index in [1.54, 1.807) is 0 Å². The van der Waals surface area contributed by atoms with Crippen molar-refractivity contribution in [2.45, 2.75) is 91.1 Å². The molecule has 0 bridgehead atoms. The maximum atomic E-state index is 10.5. The van der Waals surface area contributed by atoms with Gasteiger partial charge in [0.05, 0.1) is 6.61 Å². The Labute approximate surface area is 167 Å². The average molecular weight is 373 g/mol. The van der Waals surface area contributed by atoms with E-state index in [4.69, 9.17) is 4.74 Å². The van der Waals surface area contributed by atoms with Gasteiger partial charge in [-0.15, -0.1) is 0 Å². The van der Waals surface area contributed by atoms with E-state index in [0.717, 1.165) is 37.4 Å². The van der Waals surface area contributed by atoms with Crippen LogP contribution in [0.3, 0.4) is 0 Å². The summed E-state index contributed by atoms with van der Waals surface area (Å²) in [6.07, 6.45) is 17.2. The van der Waals surface area contributed by atoms with Crippen LogP contribution in [0.2, 0.25) is 0 Å². The monoisotopic (exact) mass is 372 g/mol. The molecule has 1 aromatic rings. The fourth-order valence-electron chi connectivity index (χ4n) is 3.33. The number of unbranched alkanes of at least 4 members (excludes halogenated alkanes) is 7. The molecule has 2 heteroatoms. The van der Waals surface area contributed by atoms with Gasteiger partial charge >= 0.3 is 0 Å². The summed E-state index contributed by atoms with van der Waals surface area (Å²) in [5.41, 5.74) is 2.13. The Morgan fingerprint density at radius 3 is 2.26 bits per heavy atom. The van der Waals surface area contributed by atoms with Crippen molar-refractivity contribution in [1.82, 2.24) is 0 Å². The number of hydrogen-bond donors (Lipinski definition) is 0. The Kier molecular flexibility index (Phi) is 14.7. The van der Waals surface area contributed by atoms with Crippen LogP contribution in [-0.2, 0) is 16.1 Å². The zero-order chi connectivity index (χ0) is 19.6. The molecule has 2 nitrogen and oxygen atoms in total. The van der Waals surface area contributed by atoms with E-state index in [2.05, 4.69) is 37.3 Å². The van der Waals surface area contributed by atoms with Crippen LogP contribution in [-0.4, -0.2) is 12.9 Å². The van der Waals surface area contributed by atoms with Gasteiger partial charge in [0.25, 0.3) is 0 Å². The minimum absolute atomic E-state index is 0.742. The van der Waals surface area contributed by atoms with Crippen molar-refractivity contribution < 1.29 is 9.53 Å². The van der Waals surface area contributed by atoms with Crippen molar-refractivity contribution in [2.24, 2.45) is 5.92 Å². The van der Waals surface area contributed by atoms with Crippen molar-refractivity contribution >= 4 is 6.29 Å². The molecule has 0 saturated carbocycles. The lowest BCUT2D eigenvalue weighted by Crippen LogP contribution is -1.96. The van der Waals surface area contributed by atoms with Gasteiger partial charge in [-0.05, 0) is 43.2 Å². The molecule has 0 aliphatic carbocycles. The highest BCUT2D eigenvalue weighted by atomic mass is 16.5. The van der Waals surface area contributed by atoms with Crippen molar-refractivity contribution in [3.05, 3.63) is 47.5 Å². The Bertz CT molecular complexity index is 492. The number of allylic oxidation sites excluding steroid dienone is 2.